The summed E-state index contributed by atoms with van der Waals surface area (Å²) in [5, 5.41) is 5.47. The number of benzene rings is 1. The van der Waals surface area contributed by atoms with Crippen LogP contribution in [0.25, 0.3) is 0 Å². The normalized spacial score (nSPS) is 10.5. The van der Waals surface area contributed by atoms with Gasteiger partial charge in [-0.2, -0.15) is 0 Å². The molecule has 27 heavy (non-hydrogen) atoms. The Bertz CT molecular complexity index is 999. The summed E-state index contributed by atoms with van der Waals surface area (Å²) >= 11 is 0. The van der Waals surface area contributed by atoms with Crippen molar-refractivity contribution in [3.05, 3.63) is 70.9 Å². The largest absolute Gasteiger partial charge is 0.459 e. The molecule has 1 aromatic carbocycles. The van der Waals surface area contributed by atoms with Crippen LogP contribution in [0, 0.1) is 13.8 Å². The van der Waals surface area contributed by atoms with Gasteiger partial charge in [0, 0.05) is 22.6 Å². The lowest BCUT2D eigenvalue weighted by atomic mass is 10.1. The summed E-state index contributed by atoms with van der Waals surface area (Å²) in [6, 6.07) is 9.89. The molecule has 0 unspecified atom stereocenters. The monoisotopic (exact) mass is 365 g/mol. The van der Waals surface area contributed by atoms with Gasteiger partial charge in [0.25, 0.3) is 11.8 Å². The van der Waals surface area contributed by atoms with Crippen LogP contribution < -0.4 is 10.6 Å². The Labute approximate surface area is 155 Å². The fourth-order valence-corrected chi connectivity index (χ4v) is 2.94. The second-order valence-corrected chi connectivity index (χ2v) is 6.14. The summed E-state index contributed by atoms with van der Waals surface area (Å²) in [5.74, 6) is -0.565. The number of carbonyl (C=O) groups is 3. The van der Waals surface area contributed by atoms with E-state index < -0.39 is 0 Å². The molecule has 3 N–H and O–H groups in total. The zero-order chi connectivity index (χ0) is 19.6. The molecule has 0 bridgehead atoms. The van der Waals surface area contributed by atoms with Gasteiger partial charge < -0.3 is 20.0 Å². The number of aromatic amines is 1. The first-order valence-corrected chi connectivity index (χ1v) is 8.33. The number of rotatable bonds is 5. The number of aryl methyl sites for hydroxylation is 1. The smallest absolute Gasteiger partial charge is 0.291 e. The number of nitrogens with one attached hydrogen (secondary N) is 3. The molecule has 0 fully saturated rings. The van der Waals surface area contributed by atoms with E-state index in [0.29, 0.717) is 33.9 Å². The van der Waals surface area contributed by atoms with E-state index in [9.17, 15) is 14.4 Å². The van der Waals surface area contributed by atoms with Gasteiger partial charge in [-0.3, -0.25) is 14.4 Å². The van der Waals surface area contributed by atoms with Gasteiger partial charge in [0.1, 0.15) is 5.69 Å². The maximum atomic E-state index is 12.5. The van der Waals surface area contributed by atoms with Crippen molar-refractivity contribution in [2.24, 2.45) is 0 Å². The molecular formula is C20H19N3O4. The van der Waals surface area contributed by atoms with Crippen molar-refractivity contribution in [1.29, 1.82) is 0 Å². The van der Waals surface area contributed by atoms with Crippen LogP contribution in [-0.4, -0.2) is 22.6 Å². The van der Waals surface area contributed by atoms with Crippen molar-refractivity contribution >= 4 is 29.0 Å². The van der Waals surface area contributed by atoms with E-state index >= 15 is 0 Å². The van der Waals surface area contributed by atoms with E-state index in [4.69, 9.17) is 4.42 Å². The predicted octanol–water partition coefficient (Wildman–Crippen LogP) is 3.93. The molecule has 2 heterocycles. The highest BCUT2D eigenvalue weighted by atomic mass is 16.3. The molecule has 0 aliphatic heterocycles. The number of hydrogen-bond donors (Lipinski definition) is 3. The third-order valence-corrected chi connectivity index (χ3v) is 4.16. The minimum atomic E-state index is -0.356. The Morgan fingerprint density at radius 3 is 2.00 bits per heavy atom. The van der Waals surface area contributed by atoms with Gasteiger partial charge in [0.15, 0.2) is 11.5 Å². The van der Waals surface area contributed by atoms with Gasteiger partial charge in [-0.25, -0.2) is 0 Å². The van der Waals surface area contributed by atoms with Gasteiger partial charge in [0.05, 0.1) is 6.26 Å². The molecule has 0 saturated heterocycles. The van der Waals surface area contributed by atoms with Crippen molar-refractivity contribution < 1.29 is 18.8 Å². The van der Waals surface area contributed by atoms with E-state index in [1.54, 1.807) is 50.2 Å². The van der Waals surface area contributed by atoms with E-state index in [1.807, 2.05) is 0 Å². The molecule has 0 aliphatic carbocycles. The number of H-pyrrole nitrogens is 1. The second-order valence-electron chi connectivity index (χ2n) is 6.14. The standard InChI is InChI=1S/C20H19N3O4/c1-11-17(13(3)24)12(2)21-18(11)20(26)23-15-8-6-14(7-9-15)22-19(25)16-5-4-10-27-16/h4-10,21H,1-3H3,(H,22,25)(H,23,26). The van der Waals surface area contributed by atoms with Crippen LogP contribution in [0.4, 0.5) is 11.4 Å². The van der Waals surface area contributed by atoms with Gasteiger partial charge in [-0.05, 0) is 62.7 Å². The van der Waals surface area contributed by atoms with E-state index in [1.165, 1.54) is 13.2 Å². The van der Waals surface area contributed by atoms with Crippen LogP contribution in [-0.2, 0) is 0 Å². The summed E-state index contributed by atoms with van der Waals surface area (Å²) in [6.45, 7) is 4.97. The minimum absolute atomic E-state index is 0.0862. The Morgan fingerprint density at radius 2 is 1.52 bits per heavy atom. The summed E-state index contributed by atoms with van der Waals surface area (Å²) in [6.07, 6.45) is 1.43. The molecule has 2 aromatic heterocycles. The van der Waals surface area contributed by atoms with Gasteiger partial charge >= 0.3 is 0 Å². The lowest BCUT2D eigenvalue weighted by molar-refractivity contribution is 0.0992. The van der Waals surface area contributed by atoms with E-state index in [-0.39, 0.29) is 23.4 Å². The molecule has 0 saturated carbocycles. The number of furan rings is 1. The highest BCUT2D eigenvalue weighted by molar-refractivity contribution is 6.08. The summed E-state index contributed by atoms with van der Waals surface area (Å²) < 4.78 is 5.04. The third-order valence-electron chi connectivity index (χ3n) is 4.16. The van der Waals surface area contributed by atoms with E-state index in [0.717, 1.165) is 0 Å². The summed E-state index contributed by atoms with van der Waals surface area (Å²) in [5.41, 5.74) is 3.32. The van der Waals surface area contributed by atoms with Crippen LogP contribution >= 0.6 is 0 Å². The lowest BCUT2D eigenvalue weighted by Gasteiger charge is -2.07. The molecule has 3 aromatic rings. The Kier molecular flexibility index (Phi) is 4.94. The average Bonchev–Trinajstić information content (AvgIpc) is 3.24. The SMILES string of the molecule is CC(=O)c1c(C)[nH]c(C(=O)Nc2ccc(NC(=O)c3ccco3)cc2)c1C. The van der Waals surface area contributed by atoms with Crippen molar-refractivity contribution in [2.45, 2.75) is 20.8 Å². The van der Waals surface area contributed by atoms with Crippen LogP contribution in [0.3, 0.4) is 0 Å². The van der Waals surface area contributed by atoms with Crippen LogP contribution in [0.15, 0.2) is 47.1 Å². The number of Topliss-reactive ketones (excluding diaryl/α,β-unsaturated/α-hetero) is 1. The lowest BCUT2D eigenvalue weighted by Crippen LogP contribution is -2.14. The Balaban J connectivity index is 1.70. The highest BCUT2D eigenvalue weighted by Crippen LogP contribution is 2.21. The number of anilines is 2. The first-order chi connectivity index (χ1) is 12.9. The fraction of sp³-hybridized carbons (Fsp3) is 0.150. The quantitative estimate of drug-likeness (QED) is 0.596. The summed E-state index contributed by atoms with van der Waals surface area (Å²) in [7, 11) is 0. The molecule has 0 spiro atoms. The predicted molar refractivity (Wildman–Crippen MR) is 101 cm³/mol. The van der Waals surface area contributed by atoms with Crippen molar-refractivity contribution in [2.75, 3.05) is 10.6 Å². The molecule has 0 radical (unpaired) electrons. The van der Waals surface area contributed by atoms with Crippen molar-refractivity contribution in [3.63, 3.8) is 0 Å². The Hall–Kier alpha value is -3.61. The molecule has 0 atom stereocenters. The third kappa shape index (κ3) is 3.82. The average molecular weight is 365 g/mol. The second kappa shape index (κ2) is 7.33. The number of amides is 2. The Morgan fingerprint density at radius 1 is 0.926 bits per heavy atom. The molecule has 7 nitrogen and oxygen atoms in total. The van der Waals surface area contributed by atoms with Crippen LogP contribution in [0.2, 0.25) is 0 Å². The number of carbonyl (C=O) groups excluding carboxylic acids is 3. The zero-order valence-corrected chi connectivity index (χ0v) is 15.2. The van der Waals surface area contributed by atoms with Gasteiger partial charge in [0.2, 0.25) is 0 Å². The molecule has 2 amide bonds. The number of ketones is 1. The van der Waals surface area contributed by atoms with Crippen LogP contribution in [0.1, 0.15) is 49.6 Å². The molecule has 0 aliphatic rings. The highest BCUT2D eigenvalue weighted by Gasteiger charge is 2.19. The van der Waals surface area contributed by atoms with Gasteiger partial charge in [-0.15, -0.1) is 0 Å². The molecule has 3 rings (SSSR count). The topological polar surface area (TPSA) is 104 Å². The molecule has 138 valence electrons. The van der Waals surface area contributed by atoms with Gasteiger partial charge in [-0.1, -0.05) is 0 Å². The minimum Gasteiger partial charge on any atom is -0.459 e. The van der Waals surface area contributed by atoms with E-state index in [2.05, 4.69) is 15.6 Å². The maximum absolute atomic E-state index is 12.5. The number of hydrogen-bond acceptors (Lipinski definition) is 4. The zero-order valence-electron chi connectivity index (χ0n) is 15.2. The fourth-order valence-electron chi connectivity index (χ4n) is 2.94. The summed E-state index contributed by atoms with van der Waals surface area (Å²) in [4.78, 5) is 39.1. The van der Waals surface area contributed by atoms with Crippen LogP contribution in [0.5, 0.6) is 0 Å². The molecule has 7 heteroatoms. The first kappa shape index (κ1) is 18.2. The molecular weight excluding hydrogens is 346 g/mol. The number of aromatic nitrogens is 1. The van der Waals surface area contributed by atoms with Crippen molar-refractivity contribution in [3.8, 4) is 0 Å². The first-order valence-electron chi connectivity index (χ1n) is 8.33. The van der Waals surface area contributed by atoms with Crippen molar-refractivity contribution in [1.82, 2.24) is 4.98 Å². The maximum Gasteiger partial charge on any atom is 0.291 e.